The van der Waals surface area contributed by atoms with Crippen molar-refractivity contribution in [2.24, 2.45) is 0 Å². The van der Waals surface area contributed by atoms with Crippen molar-refractivity contribution in [1.82, 2.24) is 0 Å². The van der Waals surface area contributed by atoms with E-state index in [1.807, 2.05) is 48.5 Å². The van der Waals surface area contributed by atoms with Gasteiger partial charge in [-0.1, -0.05) is 84.9 Å². The van der Waals surface area contributed by atoms with Crippen LogP contribution in [0.2, 0.25) is 0 Å². The molecule has 328 valence electrons. The number of para-hydroxylation sites is 4. The van der Waals surface area contributed by atoms with Gasteiger partial charge in [0.25, 0.3) is 0 Å². The first-order valence-corrected chi connectivity index (χ1v) is 53.3. The van der Waals surface area contributed by atoms with Gasteiger partial charge in [0.1, 0.15) is 10.6 Å². The maximum absolute atomic E-state index is 5.69. The molecule has 4 nitrogen and oxygen atoms in total. The molecule has 0 aliphatic carbocycles. The molecule has 0 aliphatic rings. The van der Waals surface area contributed by atoms with Crippen molar-refractivity contribution < 1.29 is 45.5 Å². The molecule has 0 amide bonds. The van der Waals surface area contributed by atoms with Crippen LogP contribution < -0.4 is 77.3 Å². The van der Waals surface area contributed by atoms with Gasteiger partial charge < -0.3 is 18.9 Å². The van der Waals surface area contributed by atoms with Crippen LogP contribution in [0.15, 0.2) is 158 Å². The molecule has 6 aromatic carbocycles. The van der Waals surface area contributed by atoms with Gasteiger partial charge in [-0.2, -0.15) is 0 Å². The van der Waals surface area contributed by atoms with Crippen molar-refractivity contribution in [3.05, 3.63) is 158 Å². The van der Waals surface area contributed by atoms with Crippen LogP contribution in [0.4, 0.5) is 0 Å². The van der Waals surface area contributed by atoms with Crippen LogP contribution in [-0.2, 0) is 0 Å². The number of benzene rings is 6. The van der Waals surface area contributed by atoms with Crippen molar-refractivity contribution in [3.63, 3.8) is 0 Å². The van der Waals surface area contributed by atoms with Crippen LogP contribution in [-0.4, -0.2) is 39.1 Å². The second kappa shape index (κ2) is 36.4. The van der Waals surface area contributed by atoms with Crippen LogP contribution in [0, 0.1) is 0 Å². The summed E-state index contributed by atoms with van der Waals surface area (Å²) in [6.07, 6.45) is 0. The molecule has 0 N–H and O–H groups in total. The van der Waals surface area contributed by atoms with E-state index in [0.717, 1.165) is 23.0 Å². The predicted octanol–water partition coefficient (Wildman–Crippen LogP) is 9.09. The molecule has 60 heavy (non-hydrogen) atoms. The third-order valence-electron chi connectivity index (χ3n) is 7.89. The quantitative estimate of drug-likeness (QED) is 0.0781. The molecule has 0 aliphatic heterocycles. The molecule has 0 radical (unpaired) electrons. The maximum atomic E-state index is 5.69. The predicted molar refractivity (Wildman–Crippen MR) is 314 cm³/mol. The number of hydrogen-bond acceptors (Lipinski definition) is 4. The molecule has 18 heteroatoms. The van der Waals surface area contributed by atoms with Gasteiger partial charge in [0.2, 0.25) is 0 Å². The van der Waals surface area contributed by atoms with E-state index in [-0.39, 0.29) is 10.7 Å². The Balaban J connectivity index is 0.000000475. The molecule has 6 aromatic rings. The van der Waals surface area contributed by atoms with Gasteiger partial charge in [-0.3, -0.25) is 0 Å². The summed E-state index contributed by atoms with van der Waals surface area (Å²) in [5.41, 5.74) is 0. The first kappa shape index (κ1) is 60.4. The topological polar surface area (TPSA) is 36.9 Å². The molecule has 0 saturated heterocycles. The third-order valence-corrected chi connectivity index (χ3v) is 23.6. The Kier molecular flexibility index (Phi) is 36.7. The first-order valence-electron chi connectivity index (χ1n) is 16.9. The van der Waals surface area contributed by atoms with Gasteiger partial charge in [0, 0.05) is 0 Å². The molecule has 0 unspecified atom stereocenters. The Bertz CT molecular complexity index is 1790. The van der Waals surface area contributed by atoms with E-state index in [1.54, 1.807) is 28.4 Å². The van der Waals surface area contributed by atoms with Gasteiger partial charge in [0.15, 0.2) is 98.1 Å². The van der Waals surface area contributed by atoms with E-state index in [0.29, 0.717) is 26.5 Å². The molecule has 0 heterocycles. The van der Waals surface area contributed by atoms with E-state index in [2.05, 4.69) is 228 Å². The molecule has 0 aromatic heterocycles. The van der Waals surface area contributed by atoms with Gasteiger partial charge in [-0.25, -0.2) is 0 Å². The monoisotopic (exact) mass is 1830 g/mol. The minimum atomic E-state index is -1.91. The zero-order chi connectivity index (χ0) is 44.8. The van der Waals surface area contributed by atoms with Crippen LogP contribution in [0.1, 0.15) is 0 Å². The van der Waals surface area contributed by atoms with Crippen molar-refractivity contribution in [2.75, 3.05) is 39.1 Å². The summed E-state index contributed by atoms with van der Waals surface area (Å²) in [6, 6.07) is 54.3. The zero-order valence-corrected chi connectivity index (χ0v) is 54.6. The van der Waals surface area contributed by atoms with E-state index in [1.165, 1.54) is 31.8 Å². The zero-order valence-electron chi connectivity index (χ0n) is 32.5. The summed E-state index contributed by atoms with van der Waals surface area (Å²) in [4.78, 5) is -3.83. The molecule has 0 saturated carbocycles. The third kappa shape index (κ3) is 18.8. The van der Waals surface area contributed by atoms with Crippen molar-refractivity contribution in [2.45, 2.75) is 0 Å². The average Bonchev–Trinajstić information content (AvgIpc) is 3.30. The Labute approximate surface area is 463 Å². The Morgan fingerprint density at radius 2 is 0.533 bits per heavy atom. The van der Waals surface area contributed by atoms with E-state index < -0.39 is 9.81 Å². The molecule has 0 bridgehead atoms. The summed E-state index contributed by atoms with van der Waals surface area (Å²) in [5, 5.41) is 7.82. The fraction of sp³-hybridized carbons (Fsp3) is 0.143. The molecule has 0 atom stereocenters. The molecule has 0 spiro atoms. The normalized spacial score (nSPS) is 10.2. The second-order valence-electron chi connectivity index (χ2n) is 10.8. The van der Waals surface area contributed by atoms with E-state index in [4.69, 9.17) is 65.4 Å². The summed E-state index contributed by atoms with van der Waals surface area (Å²) in [5.74, 6) is 3.65. The van der Waals surface area contributed by atoms with Crippen molar-refractivity contribution in [1.29, 1.82) is 0 Å². The van der Waals surface area contributed by atoms with Crippen molar-refractivity contribution in [3.8, 4) is 23.0 Å². The van der Waals surface area contributed by atoms with Crippen molar-refractivity contribution >= 4 is 207 Å². The SMILES string of the molecule is COc1ccccc1[P+](I)(c1ccccc1)c1ccccc1OC.COc1ccccc1[P+](I)(c1ccccc1)c1ccccc1OC.ClCCl.ClCCl.I[I-]I.I[I-]I. The first-order chi connectivity index (χ1) is 29.1. The Hall–Kier alpha value is 2.38. The molecular weight excluding hydrogens is 1790 g/mol. The number of rotatable bonds is 10. The van der Waals surface area contributed by atoms with E-state index >= 15 is 0 Å². The average molecular weight is 1830 g/mol. The molecule has 6 rings (SSSR count). The number of alkyl halides is 4. The standard InChI is InChI=1S/2C20H19IO2P.2CH2Cl2.2I3/c2*1-22-17-12-6-8-14-19(17)24(21,16-10-4-3-5-11-16)20-15-9-7-13-18(20)23-2;2*2-1-3;2*1-3-2/h2*3-15H,1-2H3;2*1H2;;/q2*+1;;;2*-1. The number of halogens is 12. The number of methoxy groups -OCH3 is 4. The number of ether oxygens (including phenoxy) is 4. The summed E-state index contributed by atoms with van der Waals surface area (Å²) in [6.45, 7) is 0. The van der Waals surface area contributed by atoms with Gasteiger partial charge in [-0.15, -0.1) is 46.4 Å². The van der Waals surface area contributed by atoms with Crippen LogP contribution in [0.5, 0.6) is 23.0 Å². The molecular formula is C42H42Cl4I8O4P2. The Morgan fingerprint density at radius 3 is 0.717 bits per heavy atom. The fourth-order valence-electron chi connectivity index (χ4n) is 5.62. The summed E-state index contributed by atoms with van der Waals surface area (Å²) in [7, 11) is 6.92. The van der Waals surface area contributed by atoms with Crippen LogP contribution in [0.25, 0.3) is 0 Å². The summed E-state index contributed by atoms with van der Waals surface area (Å²) >= 11 is 34.9. The number of hydrogen-bond donors (Lipinski definition) is 0. The van der Waals surface area contributed by atoms with Crippen LogP contribution in [0.3, 0.4) is 0 Å². The second-order valence-corrected chi connectivity index (χ2v) is 59.0. The van der Waals surface area contributed by atoms with Gasteiger partial charge in [-0.05, 0) is 72.8 Å². The van der Waals surface area contributed by atoms with Crippen LogP contribution >= 0.6 is 175 Å². The Morgan fingerprint density at radius 1 is 0.367 bits per heavy atom. The fourth-order valence-corrected chi connectivity index (χ4v) is 18.2. The minimum absolute atomic E-state index is 0.194. The van der Waals surface area contributed by atoms with Gasteiger partial charge >= 0.3 is 101 Å². The molecule has 0 fully saturated rings. The van der Waals surface area contributed by atoms with Gasteiger partial charge in [0.05, 0.1) is 39.1 Å². The van der Waals surface area contributed by atoms with E-state index in [9.17, 15) is 0 Å². The summed E-state index contributed by atoms with van der Waals surface area (Å²) < 4.78 is 22.8.